The maximum absolute atomic E-state index is 13.3. The Hall–Kier alpha value is -3.02. The first-order valence-corrected chi connectivity index (χ1v) is 10.9. The largest absolute Gasteiger partial charge is 0.484 e. The lowest BCUT2D eigenvalue weighted by Crippen LogP contribution is -2.51. The van der Waals surface area contributed by atoms with Crippen molar-refractivity contribution in [3.63, 3.8) is 0 Å². The van der Waals surface area contributed by atoms with Crippen LogP contribution >= 0.6 is 23.2 Å². The summed E-state index contributed by atoms with van der Waals surface area (Å²) < 4.78 is 5.67. The zero-order chi connectivity index (χ0) is 22.9. The van der Waals surface area contributed by atoms with Gasteiger partial charge in [-0.2, -0.15) is 0 Å². The Morgan fingerprint density at radius 2 is 1.56 bits per heavy atom. The van der Waals surface area contributed by atoms with Crippen LogP contribution in [0.4, 0.5) is 0 Å². The molecule has 0 aliphatic heterocycles. The first kappa shape index (κ1) is 23.6. The van der Waals surface area contributed by atoms with Gasteiger partial charge in [-0.05, 0) is 41.5 Å². The molecule has 0 saturated carbocycles. The van der Waals surface area contributed by atoms with Crippen molar-refractivity contribution < 1.29 is 14.3 Å². The van der Waals surface area contributed by atoms with Crippen molar-refractivity contribution in [2.45, 2.75) is 19.0 Å². The summed E-state index contributed by atoms with van der Waals surface area (Å²) in [7, 11) is 1.56. The summed E-state index contributed by atoms with van der Waals surface area (Å²) in [6, 6.07) is 22.9. The average molecular weight is 471 g/mol. The van der Waals surface area contributed by atoms with E-state index in [1.807, 2.05) is 42.5 Å². The van der Waals surface area contributed by atoms with E-state index in [4.69, 9.17) is 27.9 Å². The molecule has 166 valence electrons. The van der Waals surface area contributed by atoms with Crippen LogP contribution in [0.2, 0.25) is 10.0 Å². The number of halogens is 2. The molecule has 2 amide bonds. The van der Waals surface area contributed by atoms with E-state index >= 15 is 0 Å². The van der Waals surface area contributed by atoms with Crippen molar-refractivity contribution in [3.8, 4) is 5.75 Å². The van der Waals surface area contributed by atoms with E-state index in [1.165, 1.54) is 4.90 Å². The van der Waals surface area contributed by atoms with Gasteiger partial charge in [0.05, 0.1) is 0 Å². The first-order valence-electron chi connectivity index (χ1n) is 10.1. The predicted molar refractivity (Wildman–Crippen MR) is 127 cm³/mol. The molecule has 3 aromatic carbocycles. The smallest absolute Gasteiger partial charge is 0.261 e. The molecule has 0 aliphatic carbocycles. The Bertz CT molecular complexity index is 1060. The van der Waals surface area contributed by atoms with Crippen LogP contribution in [0.5, 0.6) is 5.75 Å². The predicted octanol–water partition coefficient (Wildman–Crippen LogP) is 4.76. The summed E-state index contributed by atoms with van der Waals surface area (Å²) in [4.78, 5) is 27.7. The van der Waals surface area contributed by atoms with Crippen LogP contribution in [0.25, 0.3) is 0 Å². The molecule has 0 fully saturated rings. The number of benzene rings is 3. The molecule has 0 saturated heterocycles. The van der Waals surface area contributed by atoms with E-state index in [0.717, 1.165) is 11.1 Å². The molecule has 1 atom stereocenters. The second-order valence-corrected chi connectivity index (χ2v) is 8.09. The van der Waals surface area contributed by atoms with Gasteiger partial charge in [0.15, 0.2) is 6.61 Å². The third kappa shape index (κ3) is 6.74. The Morgan fingerprint density at radius 1 is 0.906 bits per heavy atom. The minimum atomic E-state index is -0.725. The third-order valence-electron chi connectivity index (χ3n) is 4.92. The Morgan fingerprint density at radius 3 is 2.22 bits per heavy atom. The summed E-state index contributed by atoms with van der Waals surface area (Å²) in [5.74, 6) is -0.102. The van der Waals surface area contributed by atoms with E-state index in [0.29, 0.717) is 22.2 Å². The second kappa shape index (κ2) is 11.6. The highest BCUT2D eigenvalue weighted by Crippen LogP contribution is 2.20. The Balaban J connectivity index is 1.87. The fourth-order valence-corrected chi connectivity index (χ4v) is 3.73. The fraction of sp³-hybridized carbons (Fsp3) is 0.200. The highest BCUT2D eigenvalue weighted by molar-refractivity contribution is 6.30. The summed E-state index contributed by atoms with van der Waals surface area (Å²) in [5.41, 5.74) is 1.76. The van der Waals surface area contributed by atoms with E-state index in [9.17, 15) is 9.59 Å². The van der Waals surface area contributed by atoms with Gasteiger partial charge in [-0.1, -0.05) is 71.7 Å². The topological polar surface area (TPSA) is 58.6 Å². The van der Waals surface area contributed by atoms with Gasteiger partial charge < -0.3 is 15.0 Å². The van der Waals surface area contributed by atoms with Crippen LogP contribution in [0, 0.1) is 0 Å². The highest BCUT2D eigenvalue weighted by atomic mass is 35.5. The standard InChI is InChI=1S/C25H24Cl2N2O3/c1-28-25(31)23(14-18-7-3-2-4-8-18)29(16-19-9-5-10-20(26)13-19)24(30)17-32-22-12-6-11-21(27)15-22/h2-13,15,23H,14,16-17H2,1H3,(H,28,31)/t23-/m0/s1. The quantitative estimate of drug-likeness (QED) is 0.490. The molecule has 1 N–H and O–H groups in total. The number of carbonyl (C=O) groups excluding carboxylic acids is 2. The summed E-state index contributed by atoms with van der Waals surface area (Å²) in [6.45, 7) is -0.0214. The van der Waals surface area contributed by atoms with Gasteiger partial charge in [0.25, 0.3) is 5.91 Å². The van der Waals surface area contributed by atoms with E-state index < -0.39 is 6.04 Å². The van der Waals surface area contributed by atoms with Crippen LogP contribution in [0.1, 0.15) is 11.1 Å². The van der Waals surface area contributed by atoms with Gasteiger partial charge in [0.1, 0.15) is 11.8 Å². The van der Waals surface area contributed by atoms with Crippen molar-refractivity contribution in [2.75, 3.05) is 13.7 Å². The first-order chi connectivity index (χ1) is 15.5. The Kier molecular flexibility index (Phi) is 8.54. The van der Waals surface area contributed by atoms with Crippen LogP contribution in [-0.2, 0) is 22.6 Å². The number of nitrogens with one attached hydrogen (secondary N) is 1. The monoisotopic (exact) mass is 470 g/mol. The van der Waals surface area contributed by atoms with Crippen LogP contribution in [0.15, 0.2) is 78.9 Å². The van der Waals surface area contributed by atoms with Gasteiger partial charge in [-0.15, -0.1) is 0 Å². The van der Waals surface area contributed by atoms with Gasteiger partial charge in [-0.3, -0.25) is 9.59 Å². The molecule has 0 bridgehead atoms. The van der Waals surface area contributed by atoms with E-state index in [1.54, 1.807) is 43.4 Å². The third-order valence-corrected chi connectivity index (χ3v) is 5.39. The molecular weight excluding hydrogens is 447 g/mol. The Labute approximate surface area is 197 Å². The van der Waals surface area contributed by atoms with Crippen molar-refractivity contribution in [2.24, 2.45) is 0 Å². The van der Waals surface area contributed by atoms with E-state index in [-0.39, 0.29) is 25.0 Å². The van der Waals surface area contributed by atoms with Gasteiger partial charge in [0.2, 0.25) is 5.91 Å². The normalized spacial score (nSPS) is 11.5. The minimum absolute atomic E-state index is 0.212. The van der Waals surface area contributed by atoms with Crippen molar-refractivity contribution in [1.82, 2.24) is 10.2 Å². The lowest BCUT2D eigenvalue weighted by molar-refractivity contribution is -0.142. The summed E-state index contributed by atoms with van der Waals surface area (Å²) in [6.07, 6.45) is 0.365. The maximum atomic E-state index is 13.3. The molecule has 0 unspecified atom stereocenters. The number of likely N-dealkylation sites (N-methyl/N-ethyl adjacent to an activating group) is 1. The molecule has 7 heteroatoms. The molecule has 3 rings (SSSR count). The number of hydrogen-bond donors (Lipinski definition) is 1. The molecular formula is C25H24Cl2N2O3. The molecule has 3 aromatic rings. The number of carbonyl (C=O) groups is 2. The van der Waals surface area contributed by atoms with Crippen molar-refractivity contribution in [3.05, 3.63) is 100 Å². The maximum Gasteiger partial charge on any atom is 0.261 e. The summed E-state index contributed by atoms with van der Waals surface area (Å²) >= 11 is 12.1. The number of rotatable bonds is 9. The average Bonchev–Trinajstić information content (AvgIpc) is 2.80. The SMILES string of the molecule is CNC(=O)[C@H](Cc1ccccc1)N(Cc1cccc(Cl)c1)C(=O)COc1cccc(Cl)c1. The molecule has 32 heavy (non-hydrogen) atoms. The highest BCUT2D eigenvalue weighted by Gasteiger charge is 2.30. The van der Waals surface area contributed by atoms with Crippen LogP contribution in [-0.4, -0.2) is 36.4 Å². The van der Waals surface area contributed by atoms with Crippen LogP contribution in [0.3, 0.4) is 0 Å². The summed E-state index contributed by atoms with van der Waals surface area (Å²) in [5, 5.41) is 3.75. The molecule has 0 spiro atoms. The molecule has 5 nitrogen and oxygen atoms in total. The number of ether oxygens (including phenoxy) is 1. The van der Waals surface area contributed by atoms with Gasteiger partial charge in [-0.25, -0.2) is 0 Å². The molecule has 0 heterocycles. The molecule has 0 radical (unpaired) electrons. The lowest BCUT2D eigenvalue weighted by Gasteiger charge is -2.31. The fourth-order valence-electron chi connectivity index (χ4n) is 3.34. The van der Waals surface area contributed by atoms with E-state index in [2.05, 4.69) is 5.32 Å². The zero-order valence-electron chi connectivity index (χ0n) is 17.6. The van der Waals surface area contributed by atoms with Crippen molar-refractivity contribution >= 4 is 35.0 Å². The molecule has 0 aromatic heterocycles. The lowest BCUT2D eigenvalue weighted by atomic mass is 10.0. The van der Waals surface area contributed by atoms with Gasteiger partial charge >= 0.3 is 0 Å². The number of nitrogens with zero attached hydrogens (tertiary/aromatic N) is 1. The van der Waals surface area contributed by atoms with Crippen molar-refractivity contribution in [1.29, 1.82) is 0 Å². The minimum Gasteiger partial charge on any atom is -0.484 e. The second-order valence-electron chi connectivity index (χ2n) is 7.22. The zero-order valence-corrected chi connectivity index (χ0v) is 19.1. The number of amides is 2. The molecule has 0 aliphatic rings. The van der Waals surface area contributed by atoms with Gasteiger partial charge in [0, 0.05) is 30.1 Å². The number of hydrogen-bond acceptors (Lipinski definition) is 3. The van der Waals surface area contributed by atoms with Crippen LogP contribution < -0.4 is 10.1 Å².